The number of benzene rings is 3. The second kappa shape index (κ2) is 4.77. The third-order valence-corrected chi connectivity index (χ3v) is 4.19. The van der Waals surface area contributed by atoms with Crippen molar-refractivity contribution in [2.75, 3.05) is 6.54 Å². The lowest BCUT2D eigenvalue weighted by molar-refractivity contribution is 0.644. The summed E-state index contributed by atoms with van der Waals surface area (Å²) in [7, 11) is 0. The van der Waals surface area contributed by atoms with Gasteiger partial charge >= 0.3 is 0 Å². The zero-order valence-electron chi connectivity index (χ0n) is 11.4. The van der Waals surface area contributed by atoms with Gasteiger partial charge in [0.25, 0.3) is 0 Å². The fraction of sp³-hybridized carbons (Fsp3) is 0.158. The van der Waals surface area contributed by atoms with Crippen molar-refractivity contribution in [1.82, 2.24) is 5.32 Å². The van der Waals surface area contributed by atoms with Crippen LogP contribution in [0.1, 0.15) is 11.1 Å². The van der Waals surface area contributed by atoms with E-state index in [0.29, 0.717) is 0 Å². The van der Waals surface area contributed by atoms with Crippen molar-refractivity contribution in [2.24, 2.45) is 0 Å². The Kier molecular flexibility index (Phi) is 2.79. The Morgan fingerprint density at radius 2 is 1.70 bits per heavy atom. The van der Waals surface area contributed by atoms with Gasteiger partial charge in [0.05, 0.1) is 0 Å². The molecule has 0 spiro atoms. The number of hydrogen-bond acceptors (Lipinski definition) is 1. The van der Waals surface area contributed by atoms with Crippen molar-refractivity contribution in [3.8, 4) is 11.1 Å². The second-order valence-corrected chi connectivity index (χ2v) is 5.44. The first-order chi connectivity index (χ1) is 9.92. The highest BCUT2D eigenvalue weighted by atomic mass is 14.9. The minimum absolute atomic E-state index is 1.01. The summed E-state index contributed by atoms with van der Waals surface area (Å²) in [5.41, 5.74) is 5.61. The van der Waals surface area contributed by atoms with Crippen LogP contribution in [0.2, 0.25) is 0 Å². The van der Waals surface area contributed by atoms with E-state index in [1.807, 2.05) is 0 Å². The average molecular weight is 259 g/mol. The summed E-state index contributed by atoms with van der Waals surface area (Å²) in [6.07, 6.45) is 1.13. The van der Waals surface area contributed by atoms with Crippen LogP contribution in [-0.4, -0.2) is 6.54 Å². The third-order valence-electron chi connectivity index (χ3n) is 4.19. The van der Waals surface area contributed by atoms with Gasteiger partial charge < -0.3 is 5.32 Å². The average Bonchev–Trinajstić information content (AvgIpc) is 2.54. The molecule has 0 atom stereocenters. The molecule has 1 heterocycles. The zero-order valence-corrected chi connectivity index (χ0v) is 11.4. The Morgan fingerprint density at radius 3 is 2.70 bits per heavy atom. The summed E-state index contributed by atoms with van der Waals surface area (Å²) >= 11 is 0. The summed E-state index contributed by atoms with van der Waals surface area (Å²) in [5.74, 6) is 0. The standard InChI is InChI=1S/C19H17N/c1-2-6-18-14(4-1)5-3-7-19(18)16-8-9-17-13-20-11-10-15(17)12-16/h1-9,12,20H,10-11,13H2. The molecule has 98 valence electrons. The number of fused-ring (bicyclic) bond motifs is 2. The van der Waals surface area contributed by atoms with Crippen LogP contribution < -0.4 is 5.32 Å². The van der Waals surface area contributed by atoms with Gasteiger partial charge in [-0.3, -0.25) is 0 Å². The molecule has 0 unspecified atom stereocenters. The van der Waals surface area contributed by atoms with Crippen molar-refractivity contribution < 1.29 is 0 Å². The van der Waals surface area contributed by atoms with E-state index >= 15 is 0 Å². The Hall–Kier alpha value is -2.12. The van der Waals surface area contributed by atoms with Gasteiger partial charge in [-0.2, -0.15) is 0 Å². The lowest BCUT2D eigenvalue weighted by Crippen LogP contribution is -2.23. The first-order valence-corrected chi connectivity index (χ1v) is 7.22. The van der Waals surface area contributed by atoms with Crippen LogP contribution in [0.5, 0.6) is 0 Å². The molecule has 4 rings (SSSR count). The third kappa shape index (κ3) is 1.91. The molecular weight excluding hydrogens is 242 g/mol. The van der Waals surface area contributed by atoms with E-state index in [1.165, 1.54) is 33.0 Å². The van der Waals surface area contributed by atoms with Crippen LogP contribution in [0.3, 0.4) is 0 Å². The molecular formula is C19H17N. The smallest absolute Gasteiger partial charge is 0.0208 e. The maximum atomic E-state index is 3.43. The molecule has 0 fully saturated rings. The quantitative estimate of drug-likeness (QED) is 0.692. The van der Waals surface area contributed by atoms with Gasteiger partial charge in [-0.05, 0) is 46.0 Å². The summed E-state index contributed by atoms with van der Waals surface area (Å²) < 4.78 is 0. The highest BCUT2D eigenvalue weighted by Gasteiger charge is 2.10. The maximum absolute atomic E-state index is 3.43. The molecule has 0 bridgehead atoms. The number of nitrogens with one attached hydrogen (secondary N) is 1. The first-order valence-electron chi connectivity index (χ1n) is 7.22. The SMILES string of the molecule is c1ccc2c(-c3ccc4c(c3)CCNC4)cccc2c1. The molecule has 1 aliphatic rings. The van der Waals surface area contributed by atoms with Crippen LogP contribution in [0.4, 0.5) is 0 Å². The van der Waals surface area contributed by atoms with Crippen LogP contribution >= 0.6 is 0 Å². The van der Waals surface area contributed by atoms with E-state index in [4.69, 9.17) is 0 Å². The van der Waals surface area contributed by atoms with Crippen LogP contribution in [0.25, 0.3) is 21.9 Å². The first kappa shape index (κ1) is 11.7. The van der Waals surface area contributed by atoms with Crippen molar-refractivity contribution >= 4 is 10.8 Å². The highest BCUT2D eigenvalue weighted by Crippen LogP contribution is 2.30. The van der Waals surface area contributed by atoms with Crippen molar-refractivity contribution in [2.45, 2.75) is 13.0 Å². The predicted molar refractivity (Wildman–Crippen MR) is 84.8 cm³/mol. The molecule has 0 aromatic heterocycles. The molecule has 1 heteroatoms. The minimum Gasteiger partial charge on any atom is -0.312 e. The summed E-state index contributed by atoms with van der Waals surface area (Å²) in [4.78, 5) is 0. The summed E-state index contributed by atoms with van der Waals surface area (Å²) in [6, 6.07) is 22.1. The van der Waals surface area contributed by atoms with E-state index in [-0.39, 0.29) is 0 Å². The molecule has 0 saturated heterocycles. The highest BCUT2D eigenvalue weighted by molar-refractivity contribution is 5.96. The van der Waals surface area contributed by atoms with E-state index in [0.717, 1.165) is 19.5 Å². The van der Waals surface area contributed by atoms with Gasteiger partial charge in [0.2, 0.25) is 0 Å². The topological polar surface area (TPSA) is 12.0 Å². The molecule has 0 radical (unpaired) electrons. The molecule has 3 aromatic carbocycles. The van der Waals surface area contributed by atoms with Gasteiger partial charge in [-0.1, -0.05) is 60.7 Å². The van der Waals surface area contributed by atoms with E-state index in [9.17, 15) is 0 Å². The largest absolute Gasteiger partial charge is 0.312 e. The van der Waals surface area contributed by atoms with Crippen LogP contribution in [0, 0.1) is 0 Å². The zero-order chi connectivity index (χ0) is 13.4. The molecule has 0 aliphatic carbocycles. The number of rotatable bonds is 1. The monoisotopic (exact) mass is 259 g/mol. The molecule has 20 heavy (non-hydrogen) atoms. The Labute approximate surface area is 119 Å². The fourth-order valence-electron chi connectivity index (χ4n) is 3.12. The van der Waals surface area contributed by atoms with Crippen molar-refractivity contribution in [3.05, 3.63) is 71.8 Å². The molecule has 1 aliphatic heterocycles. The fourth-order valence-corrected chi connectivity index (χ4v) is 3.12. The van der Waals surface area contributed by atoms with Gasteiger partial charge in [0.1, 0.15) is 0 Å². The van der Waals surface area contributed by atoms with E-state index < -0.39 is 0 Å². The number of hydrogen-bond donors (Lipinski definition) is 1. The maximum Gasteiger partial charge on any atom is 0.0208 e. The molecule has 0 amide bonds. The second-order valence-electron chi connectivity index (χ2n) is 5.44. The normalized spacial score (nSPS) is 14.2. The van der Waals surface area contributed by atoms with E-state index in [1.54, 1.807) is 0 Å². The van der Waals surface area contributed by atoms with Gasteiger partial charge in [-0.15, -0.1) is 0 Å². The lowest BCUT2D eigenvalue weighted by Gasteiger charge is -2.18. The van der Waals surface area contributed by atoms with Crippen molar-refractivity contribution in [1.29, 1.82) is 0 Å². The predicted octanol–water partition coefficient (Wildman–Crippen LogP) is 4.15. The Balaban J connectivity index is 1.91. The van der Waals surface area contributed by atoms with Crippen LogP contribution in [0.15, 0.2) is 60.7 Å². The summed E-state index contributed by atoms with van der Waals surface area (Å²) in [5, 5.41) is 6.08. The van der Waals surface area contributed by atoms with Crippen molar-refractivity contribution in [3.63, 3.8) is 0 Å². The Morgan fingerprint density at radius 1 is 0.800 bits per heavy atom. The van der Waals surface area contributed by atoms with E-state index in [2.05, 4.69) is 66.0 Å². The van der Waals surface area contributed by atoms with Gasteiger partial charge in [-0.25, -0.2) is 0 Å². The summed E-state index contributed by atoms with van der Waals surface area (Å²) in [6.45, 7) is 2.09. The van der Waals surface area contributed by atoms with Gasteiger partial charge in [0, 0.05) is 6.54 Å². The Bertz CT molecular complexity index is 768. The lowest BCUT2D eigenvalue weighted by atomic mass is 9.93. The molecule has 1 nitrogen and oxygen atoms in total. The molecule has 1 N–H and O–H groups in total. The molecule has 0 saturated carbocycles. The van der Waals surface area contributed by atoms with Crippen LogP contribution in [-0.2, 0) is 13.0 Å². The molecule has 3 aromatic rings. The minimum atomic E-state index is 1.01. The van der Waals surface area contributed by atoms with Gasteiger partial charge in [0.15, 0.2) is 0 Å².